The summed E-state index contributed by atoms with van der Waals surface area (Å²) in [6.07, 6.45) is 1.72. The average Bonchev–Trinajstić information content (AvgIpc) is 2.65. The van der Waals surface area contributed by atoms with Crippen LogP contribution >= 0.6 is 0 Å². The molecule has 2 aromatic rings. The number of benzene rings is 2. The van der Waals surface area contributed by atoms with E-state index in [1.807, 2.05) is 31.2 Å². The Morgan fingerprint density at radius 2 is 2.04 bits per heavy atom. The van der Waals surface area contributed by atoms with Gasteiger partial charge in [-0.2, -0.15) is 0 Å². The first kappa shape index (κ1) is 18.9. The Balaban J connectivity index is 1.80. The Bertz CT molecular complexity index is 897. The fraction of sp³-hybridized carbons (Fsp3) is 0.333. The number of guanidine groups is 1. The van der Waals surface area contributed by atoms with Crippen molar-refractivity contribution in [1.82, 2.24) is 4.90 Å². The van der Waals surface area contributed by atoms with Crippen molar-refractivity contribution >= 4 is 11.9 Å². The number of hydrogen-bond acceptors (Lipinski definition) is 4. The van der Waals surface area contributed by atoms with Crippen LogP contribution in [0.3, 0.4) is 0 Å². The van der Waals surface area contributed by atoms with E-state index >= 15 is 0 Å². The molecule has 3 rings (SSSR count). The smallest absolute Gasteiger partial charge is 0.231 e. The number of carbonyl (C=O) groups excluding carboxylic acids is 1. The lowest BCUT2D eigenvalue weighted by atomic mass is 9.88. The van der Waals surface area contributed by atoms with E-state index in [1.165, 1.54) is 12.0 Å². The summed E-state index contributed by atoms with van der Waals surface area (Å²) in [5, 5.41) is 0. The van der Waals surface area contributed by atoms with Gasteiger partial charge in [-0.3, -0.25) is 9.69 Å². The van der Waals surface area contributed by atoms with E-state index in [9.17, 15) is 9.18 Å². The van der Waals surface area contributed by atoms with Crippen LogP contribution < -0.4 is 10.5 Å². The van der Waals surface area contributed by atoms with Gasteiger partial charge in [0.15, 0.2) is 17.5 Å². The van der Waals surface area contributed by atoms with Gasteiger partial charge < -0.3 is 10.5 Å². The van der Waals surface area contributed by atoms with E-state index in [4.69, 9.17) is 10.5 Å². The number of ether oxygens (including phenoxy) is 1. The number of rotatable bonds is 5. The number of amides is 1. The molecule has 2 aromatic carbocycles. The van der Waals surface area contributed by atoms with Crippen LogP contribution in [0.2, 0.25) is 0 Å². The third kappa shape index (κ3) is 3.94. The number of aliphatic imine (C=N–C) groups is 1. The number of carbonyl (C=O) groups is 1. The van der Waals surface area contributed by atoms with Crippen LogP contribution in [0.4, 0.5) is 4.39 Å². The van der Waals surface area contributed by atoms with Crippen molar-refractivity contribution in [2.45, 2.75) is 31.7 Å². The molecule has 1 aliphatic rings. The molecule has 27 heavy (non-hydrogen) atoms. The second-order valence-electron chi connectivity index (χ2n) is 7.12. The predicted molar refractivity (Wildman–Crippen MR) is 104 cm³/mol. The van der Waals surface area contributed by atoms with Gasteiger partial charge in [-0.15, -0.1) is 0 Å². The highest BCUT2D eigenvalue weighted by Gasteiger charge is 2.34. The van der Waals surface area contributed by atoms with Gasteiger partial charge in [0.1, 0.15) is 0 Å². The summed E-state index contributed by atoms with van der Waals surface area (Å²) in [5.74, 6) is 0.0700. The Morgan fingerprint density at radius 1 is 1.30 bits per heavy atom. The molecule has 5 nitrogen and oxygen atoms in total. The Morgan fingerprint density at radius 3 is 2.74 bits per heavy atom. The molecule has 142 valence electrons. The maximum absolute atomic E-state index is 14.6. The zero-order valence-electron chi connectivity index (χ0n) is 15.8. The second kappa shape index (κ2) is 7.39. The maximum atomic E-state index is 14.6. The van der Waals surface area contributed by atoms with Crippen LogP contribution in [0.1, 0.15) is 25.3 Å². The van der Waals surface area contributed by atoms with Crippen molar-refractivity contribution in [2.75, 3.05) is 14.2 Å². The number of nitrogens with zero attached hydrogens (tertiary/aromatic N) is 2. The van der Waals surface area contributed by atoms with E-state index in [0.717, 1.165) is 11.1 Å². The van der Waals surface area contributed by atoms with Gasteiger partial charge in [0.05, 0.1) is 19.1 Å². The van der Waals surface area contributed by atoms with Crippen LogP contribution in [-0.2, 0) is 11.2 Å². The highest BCUT2D eigenvalue weighted by atomic mass is 19.1. The van der Waals surface area contributed by atoms with Gasteiger partial charge in [0.25, 0.3) is 0 Å². The first-order valence-corrected chi connectivity index (χ1v) is 8.87. The third-order valence-electron chi connectivity index (χ3n) is 5.01. The van der Waals surface area contributed by atoms with E-state index in [0.29, 0.717) is 24.8 Å². The summed E-state index contributed by atoms with van der Waals surface area (Å²) in [6, 6.07) is 12.8. The number of hydrogen-bond donors (Lipinski definition) is 1. The SMILES string of the molecule is COc1cccc(-c2cccc(CCC3(C)CC(=O)N(C)C(N)=N3)c2)c1F. The van der Waals surface area contributed by atoms with Crippen LogP contribution in [0.5, 0.6) is 5.75 Å². The zero-order chi connectivity index (χ0) is 19.6. The largest absolute Gasteiger partial charge is 0.494 e. The quantitative estimate of drug-likeness (QED) is 0.879. The molecule has 1 heterocycles. The van der Waals surface area contributed by atoms with Crippen LogP contribution in [-0.4, -0.2) is 36.5 Å². The van der Waals surface area contributed by atoms with E-state index in [-0.39, 0.29) is 23.4 Å². The highest BCUT2D eigenvalue weighted by Crippen LogP contribution is 2.31. The third-order valence-corrected chi connectivity index (χ3v) is 5.01. The van der Waals surface area contributed by atoms with Crippen molar-refractivity contribution in [3.8, 4) is 16.9 Å². The Labute approximate surface area is 158 Å². The molecule has 2 N–H and O–H groups in total. The Hall–Kier alpha value is -2.89. The molecule has 6 heteroatoms. The lowest BCUT2D eigenvalue weighted by Crippen LogP contribution is -2.48. The number of methoxy groups -OCH3 is 1. The van der Waals surface area contributed by atoms with E-state index < -0.39 is 5.54 Å². The summed E-state index contributed by atoms with van der Waals surface area (Å²) in [4.78, 5) is 18.0. The molecular weight excluding hydrogens is 345 g/mol. The normalized spacial score (nSPS) is 19.8. The molecule has 0 fully saturated rings. The van der Waals surface area contributed by atoms with Crippen LogP contribution in [0.25, 0.3) is 11.1 Å². The number of nitrogens with two attached hydrogens (primary N) is 1. The number of halogens is 1. The summed E-state index contributed by atoms with van der Waals surface area (Å²) in [7, 11) is 3.08. The predicted octanol–water partition coefficient (Wildman–Crippen LogP) is 3.37. The maximum Gasteiger partial charge on any atom is 0.231 e. The first-order chi connectivity index (χ1) is 12.8. The van der Waals surface area contributed by atoms with Crippen molar-refractivity contribution in [3.05, 3.63) is 53.8 Å². The molecule has 0 saturated carbocycles. The van der Waals surface area contributed by atoms with Gasteiger partial charge >= 0.3 is 0 Å². The summed E-state index contributed by atoms with van der Waals surface area (Å²) >= 11 is 0. The van der Waals surface area contributed by atoms with Crippen molar-refractivity contribution < 1.29 is 13.9 Å². The monoisotopic (exact) mass is 369 g/mol. The average molecular weight is 369 g/mol. The minimum absolute atomic E-state index is 0.0304. The molecule has 1 atom stereocenters. The van der Waals surface area contributed by atoms with Gasteiger partial charge in [-0.25, -0.2) is 9.38 Å². The fourth-order valence-corrected chi connectivity index (χ4v) is 3.31. The molecule has 1 amide bonds. The summed E-state index contributed by atoms with van der Waals surface area (Å²) < 4.78 is 19.6. The molecule has 0 bridgehead atoms. The lowest BCUT2D eigenvalue weighted by molar-refractivity contribution is -0.128. The summed E-state index contributed by atoms with van der Waals surface area (Å²) in [5.41, 5.74) is 7.68. The summed E-state index contributed by atoms with van der Waals surface area (Å²) in [6.45, 7) is 1.94. The minimum Gasteiger partial charge on any atom is -0.494 e. The van der Waals surface area contributed by atoms with Gasteiger partial charge in [-0.1, -0.05) is 36.4 Å². The topological polar surface area (TPSA) is 67.9 Å². The molecule has 1 aliphatic heterocycles. The van der Waals surface area contributed by atoms with E-state index in [1.54, 1.807) is 25.2 Å². The lowest BCUT2D eigenvalue weighted by Gasteiger charge is -2.33. The highest BCUT2D eigenvalue weighted by molar-refractivity contribution is 5.98. The standard InChI is InChI=1S/C21H24FN3O2/c1-21(13-18(26)25(2)20(23)24-21)11-10-14-6-4-7-15(12-14)16-8-5-9-17(27-3)19(16)22/h4-9,12H,10-11,13H2,1-3H3,(H2,23,24). The molecule has 0 aromatic heterocycles. The van der Waals surface area contributed by atoms with Crippen molar-refractivity contribution in [3.63, 3.8) is 0 Å². The fourth-order valence-electron chi connectivity index (χ4n) is 3.31. The van der Waals surface area contributed by atoms with Gasteiger partial charge in [0, 0.05) is 12.6 Å². The van der Waals surface area contributed by atoms with Gasteiger partial charge in [0.2, 0.25) is 5.91 Å². The molecule has 0 aliphatic carbocycles. The molecular formula is C21H24FN3O2. The molecule has 0 radical (unpaired) electrons. The first-order valence-electron chi connectivity index (χ1n) is 8.87. The van der Waals surface area contributed by atoms with Crippen LogP contribution in [0, 0.1) is 5.82 Å². The molecule has 0 saturated heterocycles. The minimum atomic E-state index is -0.523. The number of aryl methyl sites for hydroxylation is 1. The zero-order valence-corrected chi connectivity index (χ0v) is 15.8. The van der Waals surface area contributed by atoms with Crippen molar-refractivity contribution in [2.24, 2.45) is 10.7 Å². The van der Waals surface area contributed by atoms with Crippen molar-refractivity contribution in [1.29, 1.82) is 0 Å². The van der Waals surface area contributed by atoms with Gasteiger partial charge in [-0.05, 0) is 37.0 Å². The molecule has 0 spiro atoms. The second-order valence-corrected chi connectivity index (χ2v) is 7.12. The Kier molecular flexibility index (Phi) is 5.17. The van der Waals surface area contributed by atoms with E-state index in [2.05, 4.69) is 4.99 Å². The van der Waals surface area contributed by atoms with Crippen LogP contribution in [0.15, 0.2) is 47.5 Å². The molecule has 1 unspecified atom stereocenters.